The minimum absolute atomic E-state index is 0. The van der Waals surface area contributed by atoms with E-state index in [1.165, 1.54) is 18.2 Å². The molecule has 0 radical (unpaired) electrons. The van der Waals surface area contributed by atoms with E-state index in [1.807, 2.05) is 5.09 Å². The summed E-state index contributed by atoms with van der Waals surface area (Å²) in [6, 6.07) is 5.79. The zero-order valence-electron chi connectivity index (χ0n) is 9.67. The molecular formula is C8H9Li2N2O4P. The molecule has 0 spiro atoms. The monoisotopic (exact) mass is 242 g/mol. The van der Waals surface area contributed by atoms with Gasteiger partial charge < -0.3 is 25.1 Å². The van der Waals surface area contributed by atoms with E-state index in [2.05, 4.69) is 0 Å². The predicted octanol–water partition coefficient (Wildman–Crippen LogP) is -8.21. The molecule has 0 saturated carbocycles. The van der Waals surface area contributed by atoms with Crippen molar-refractivity contribution < 1.29 is 57.1 Å². The maximum absolute atomic E-state index is 11.5. The Morgan fingerprint density at radius 2 is 1.88 bits per heavy atom. The molecule has 0 aliphatic carbocycles. The first-order chi connectivity index (χ1) is 6.93. The van der Waals surface area contributed by atoms with Gasteiger partial charge in [0.1, 0.15) is 7.52 Å². The van der Waals surface area contributed by atoms with Crippen LogP contribution in [-0.4, -0.2) is 12.5 Å². The molecule has 0 heterocycles. The van der Waals surface area contributed by atoms with Crippen molar-refractivity contribution in [1.82, 2.24) is 5.09 Å². The summed E-state index contributed by atoms with van der Waals surface area (Å²) in [5.41, 5.74) is 5.51. The Balaban J connectivity index is 0. The molecular weight excluding hydrogens is 233 g/mol. The van der Waals surface area contributed by atoms with Crippen LogP contribution in [0.1, 0.15) is 0 Å². The second-order valence-corrected chi connectivity index (χ2v) is 4.72. The quantitative estimate of drug-likeness (QED) is 0.307. The molecule has 9 heteroatoms. The van der Waals surface area contributed by atoms with Gasteiger partial charge in [0.25, 0.3) is 0 Å². The summed E-state index contributed by atoms with van der Waals surface area (Å²) in [6.07, 6.45) is 0. The van der Waals surface area contributed by atoms with E-state index in [1.54, 1.807) is 6.07 Å². The summed E-state index contributed by atoms with van der Waals surface area (Å²) in [7, 11) is -4.18. The molecule has 1 atom stereocenters. The summed E-state index contributed by atoms with van der Waals surface area (Å²) in [4.78, 5) is 21.6. The zero-order chi connectivity index (χ0) is 11.5. The third-order valence-electron chi connectivity index (χ3n) is 1.69. The molecule has 17 heavy (non-hydrogen) atoms. The van der Waals surface area contributed by atoms with Gasteiger partial charge in [0.15, 0.2) is 0 Å². The largest absolute Gasteiger partial charge is 1.00 e. The fourth-order valence-electron chi connectivity index (χ4n) is 1.01. The Labute approximate surface area is 123 Å². The van der Waals surface area contributed by atoms with Crippen molar-refractivity contribution in [3.63, 3.8) is 0 Å². The summed E-state index contributed by atoms with van der Waals surface area (Å²) < 4.78 is 11.5. The molecule has 1 aromatic carbocycles. The van der Waals surface area contributed by atoms with Gasteiger partial charge in [-0.25, -0.2) is 0 Å². The van der Waals surface area contributed by atoms with E-state index >= 15 is 0 Å². The smallest absolute Gasteiger partial charge is 0.784 e. The van der Waals surface area contributed by atoms with Crippen LogP contribution < -0.4 is 63.8 Å². The maximum atomic E-state index is 11.5. The van der Waals surface area contributed by atoms with Crippen molar-refractivity contribution >= 4 is 24.5 Å². The number of carbonyl (C=O) groups is 1. The number of hydrogen-bond acceptors (Lipinski definition) is 5. The number of aliphatic carboxylic acids is 1. The van der Waals surface area contributed by atoms with Crippen LogP contribution in [-0.2, 0) is 9.36 Å². The van der Waals surface area contributed by atoms with Crippen molar-refractivity contribution in [3.05, 3.63) is 24.3 Å². The van der Waals surface area contributed by atoms with E-state index in [-0.39, 0.29) is 48.7 Å². The molecule has 0 saturated heterocycles. The summed E-state index contributed by atoms with van der Waals surface area (Å²) >= 11 is 0. The molecule has 82 valence electrons. The number of nitrogen functional groups attached to an aromatic ring is 1. The third-order valence-corrected chi connectivity index (χ3v) is 3.30. The predicted molar refractivity (Wildman–Crippen MR) is 51.1 cm³/mol. The van der Waals surface area contributed by atoms with Crippen molar-refractivity contribution in [2.24, 2.45) is 0 Å². The van der Waals surface area contributed by atoms with Crippen LogP contribution in [0.5, 0.6) is 0 Å². The van der Waals surface area contributed by atoms with Crippen LogP contribution in [0.25, 0.3) is 0 Å². The summed E-state index contributed by atoms with van der Waals surface area (Å²) in [5.74, 6) is -1.50. The number of carboxylic acids is 1. The van der Waals surface area contributed by atoms with Crippen LogP contribution in [0, 0.1) is 0 Å². The molecule has 0 aliphatic rings. The number of anilines is 1. The molecule has 0 aliphatic heterocycles. The van der Waals surface area contributed by atoms with Gasteiger partial charge in [0, 0.05) is 17.5 Å². The summed E-state index contributed by atoms with van der Waals surface area (Å²) in [6.45, 7) is -0.769. The molecule has 0 aromatic heterocycles. The first-order valence-electron chi connectivity index (χ1n) is 4.04. The topological polar surface area (TPSA) is 118 Å². The Bertz CT molecular complexity index is 430. The fourth-order valence-corrected chi connectivity index (χ4v) is 2.21. The number of carboxylic acid groups (broad SMARTS) is 1. The van der Waals surface area contributed by atoms with Crippen molar-refractivity contribution in [1.29, 1.82) is 0 Å². The number of hydrogen-bond donors (Lipinski definition) is 2. The molecule has 0 fully saturated rings. The SMILES string of the molecule is Nc1ccccc1P(=O)([O-])NCC(=O)[O-].[Li+].[Li+]. The van der Waals surface area contributed by atoms with E-state index in [4.69, 9.17) is 5.73 Å². The van der Waals surface area contributed by atoms with Gasteiger partial charge in [-0.1, -0.05) is 12.1 Å². The molecule has 1 unspecified atom stereocenters. The van der Waals surface area contributed by atoms with Gasteiger partial charge >= 0.3 is 37.7 Å². The zero-order valence-corrected chi connectivity index (χ0v) is 10.6. The molecule has 1 aromatic rings. The number of nitrogens with one attached hydrogen (secondary N) is 1. The normalized spacial score (nSPS) is 12.8. The number of nitrogens with two attached hydrogens (primary N) is 1. The van der Waals surface area contributed by atoms with Crippen LogP contribution in [0.15, 0.2) is 24.3 Å². The Morgan fingerprint density at radius 3 is 2.35 bits per heavy atom. The fraction of sp³-hybridized carbons (Fsp3) is 0.125. The van der Waals surface area contributed by atoms with Gasteiger partial charge in [-0.2, -0.15) is 0 Å². The van der Waals surface area contributed by atoms with Crippen LogP contribution in [0.4, 0.5) is 5.69 Å². The van der Waals surface area contributed by atoms with Crippen molar-refractivity contribution in [2.45, 2.75) is 0 Å². The minimum atomic E-state index is -4.18. The standard InChI is InChI=1S/C8H11N2O4P.2Li/c9-6-3-1-2-4-7(6)15(13,14)10-5-8(11)12;;/h1-4H,5,9H2,(H,11,12)(H2,10,13,14);;/q;2*+1/p-2. The number of rotatable bonds is 4. The van der Waals surface area contributed by atoms with E-state index in [9.17, 15) is 19.4 Å². The van der Waals surface area contributed by atoms with Gasteiger partial charge in [-0.05, 0) is 12.1 Å². The van der Waals surface area contributed by atoms with E-state index in [0.29, 0.717) is 0 Å². The number of benzene rings is 1. The van der Waals surface area contributed by atoms with E-state index in [0.717, 1.165) is 0 Å². The van der Waals surface area contributed by atoms with Crippen LogP contribution >= 0.6 is 7.52 Å². The van der Waals surface area contributed by atoms with Gasteiger partial charge in [-0.15, -0.1) is 0 Å². The van der Waals surface area contributed by atoms with Gasteiger partial charge in [0.2, 0.25) is 0 Å². The third kappa shape index (κ3) is 5.81. The molecule has 0 bridgehead atoms. The van der Waals surface area contributed by atoms with Gasteiger partial charge in [0.05, 0.1) is 5.97 Å². The second kappa shape index (κ2) is 8.03. The van der Waals surface area contributed by atoms with Crippen LogP contribution in [0.3, 0.4) is 0 Å². The van der Waals surface area contributed by atoms with Crippen LogP contribution in [0.2, 0.25) is 0 Å². The first-order valence-corrected chi connectivity index (χ1v) is 5.67. The average Bonchev–Trinajstić information content (AvgIpc) is 2.15. The van der Waals surface area contributed by atoms with Crippen molar-refractivity contribution in [3.8, 4) is 0 Å². The minimum Gasteiger partial charge on any atom is -0.784 e. The van der Waals surface area contributed by atoms with Crippen molar-refractivity contribution in [2.75, 3.05) is 12.3 Å². The maximum Gasteiger partial charge on any atom is 1.00 e. The molecule has 3 N–H and O–H groups in total. The summed E-state index contributed by atoms with van der Waals surface area (Å²) in [5, 5.41) is 11.9. The second-order valence-electron chi connectivity index (χ2n) is 2.82. The molecule has 6 nitrogen and oxygen atoms in total. The molecule has 0 amide bonds. The average molecular weight is 242 g/mol. The molecule has 1 rings (SSSR count). The Morgan fingerprint density at radius 1 is 1.35 bits per heavy atom. The number of carbonyl (C=O) groups excluding carboxylic acids is 1. The number of para-hydroxylation sites is 1. The first kappa shape index (κ1) is 19.2. The Kier molecular flexibility index (Phi) is 9.06. The Hall–Kier alpha value is -0.165. The van der Waals surface area contributed by atoms with Gasteiger partial charge in [-0.3, -0.25) is 5.09 Å². The van der Waals surface area contributed by atoms with E-state index < -0.39 is 20.0 Å².